The maximum atomic E-state index is 11.6. The molecule has 0 atom stereocenters. The van der Waals surface area contributed by atoms with Gasteiger partial charge in [0.05, 0.1) is 12.7 Å². The van der Waals surface area contributed by atoms with E-state index in [0.29, 0.717) is 22.5 Å². The molecule has 5 heteroatoms. The molecule has 1 aromatic heterocycles. The maximum Gasteiger partial charge on any atom is 0.337 e. The molecule has 4 rings (SSSR count). The zero-order valence-corrected chi connectivity index (χ0v) is 16.8. The molecule has 0 radical (unpaired) electrons. The van der Waals surface area contributed by atoms with Crippen LogP contribution in [0.15, 0.2) is 94.3 Å². The Morgan fingerprint density at radius 1 is 0.935 bits per heavy atom. The summed E-state index contributed by atoms with van der Waals surface area (Å²) in [6.45, 7) is 0. The molecule has 0 unspecified atom stereocenters. The number of methoxy groups -OCH3 is 1. The molecule has 0 saturated carbocycles. The Kier molecular flexibility index (Phi) is 5.72. The van der Waals surface area contributed by atoms with Crippen LogP contribution < -0.4 is 0 Å². The fraction of sp³-hybridized carbons (Fsp3) is 0.0385. The Balaban J connectivity index is 1.78. The van der Waals surface area contributed by atoms with Crippen molar-refractivity contribution in [2.45, 2.75) is 0 Å². The maximum absolute atomic E-state index is 11.6. The molecule has 4 aromatic rings. The number of nitriles is 1. The number of ether oxygens (including phenoxy) is 1. The Morgan fingerprint density at radius 3 is 2.13 bits per heavy atom. The van der Waals surface area contributed by atoms with Crippen molar-refractivity contribution in [1.29, 1.82) is 5.26 Å². The third-order valence-electron chi connectivity index (χ3n) is 4.76. The number of benzene rings is 3. The van der Waals surface area contributed by atoms with Crippen LogP contribution >= 0.6 is 0 Å². The van der Waals surface area contributed by atoms with Crippen LogP contribution in [-0.4, -0.2) is 19.3 Å². The predicted molar refractivity (Wildman–Crippen MR) is 119 cm³/mol. The quantitative estimate of drug-likeness (QED) is 0.300. The number of carbonyl (C=O) groups is 1. The number of carbonyl (C=O) groups excluding carboxylic acids is 1. The summed E-state index contributed by atoms with van der Waals surface area (Å²) in [7, 11) is 1.34. The van der Waals surface area contributed by atoms with Gasteiger partial charge in [-0.25, -0.2) is 9.79 Å². The Hall–Kier alpha value is -4.43. The second-order valence-corrected chi connectivity index (χ2v) is 6.70. The molecule has 1 heterocycles. The van der Waals surface area contributed by atoms with Gasteiger partial charge in [0, 0.05) is 17.3 Å². The predicted octanol–water partition coefficient (Wildman–Crippen LogP) is 6.02. The molecule has 0 amide bonds. The highest BCUT2D eigenvalue weighted by atomic mass is 16.5. The van der Waals surface area contributed by atoms with E-state index in [1.54, 1.807) is 30.5 Å². The van der Waals surface area contributed by atoms with Crippen LogP contribution in [0.25, 0.3) is 22.5 Å². The molecule has 0 bridgehead atoms. The number of rotatable bonds is 5. The van der Waals surface area contributed by atoms with Gasteiger partial charge in [0.25, 0.3) is 0 Å². The van der Waals surface area contributed by atoms with Gasteiger partial charge in [-0.3, -0.25) is 0 Å². The van der Waals surface area contributed by atoms with Gasteiger partial charge >= 0.3 is 5.97 Å². The van der Waals surface area contributed by atoms with Gasteiger partial charge in [-0.15, -0.1) is 0 Å². The van der Waals surface area contributed by atoms with Crippen LogP contribution in [0.2, 0.25) is 0 Å². The second kappa shape index (κ2) is 8.93. The van der Waals surface area contributed by atoms with Gasteiger partial charge < -0.3 is 9.15 Å². The van der Waals surface area contributed by atoms with Crippen molar-refractivity contribution in [3.05, 3.63) is 102 Å². The van der Waals surface area contributed by atoms with Crippen molar-refractivity contribution < 1.29 is 13.9 Å². The highest BCUT2D eigenvalue weighted by Crippen LogP contribution is 2.42. The monoisotopic (exact) mass is 406 g/mol. The fourth-order valence-electron chi connectivity index (χ4n) is 3.24. The van der Waals surface area contributed by atoms with E-state index in [-0.39, 0.29) is 5.88 Å². The molecule has 0 aliphatic carbocycles. The molecule has 0 fully saturated rings. The molecular formula is C26H18N2O3. The third-order valence-corrected chi connectivity index (χ3v) is 4.76. The van der Waals surface area contributed by atoms with E-state index in [1.807, 2.05) is 60.7 Å². The summed E-state index contributed by atoms with van der Waals surface area (Å²) >= 11 is 0. The zero-order valence-electron chi connectivity index (χ0n) is 16.8. The average Bonchev–Trinajstić information content (AvgIpc) is 3.22. The summed E-state index contributed by atoms with van der Waals surface area (Å²) in [5.74, 6) is 0.426. The molecule has 0 spiro atoms. The van der Waals surface area contributed by atoms with Crippen LogP contribution in [0.4, 0.5) is 5.88 Å². The van der Waals surface area contributed by atoms with Crippen molar-refractivity contribution in [3.63, 3.8) is 0 Å². The summed E-state index contributed by atoms with van der Waals surface area (Å²) in [4.78, 5) is 16.0. The molecule has 31 heavy (non-hydrogen) atoms. The summed E-state index contributed by atoms with van der Waals surface area (Å²) < 4.78 is 10.8. The van der Waals surface area contributed by atoms with E-state index in [0.717, 1.165) is 16.7 Å². The summed E-state index contributed by atoms with van der Waals surface area (Å²) in [6, 6.07) is 28.4. The van der Waals surface area contributed by atoms with Crippen molar-refractivity contribution in [2.75, 3.05) is 7.11 Å². The van der Waals surface area contributed by atoms with Crippen LogP contribution in [0.1, 0.15) is 21.5 Å². The number of hydrogen-bond donors (Lipinski definition) is 0. The number of hydrogen-bond acceptors (Lipinski definition) is 5. The molecule has 0 aliphatic rings. The van der Waals surface area contributed by atoms with E-state index in [1.165, 1.54) is 7.11 Å². The molecule has 0 N–H and O–H groups in total. The normalized spacial score (nSPS) is 10.7. The Labute approximate surface area is 179 Å². The van der Waals surface area contributed by atoms with Gasteiger partial charge in [-0.05, 0) is 23.3 Å². The van der Waals surface area contributed by atoms with E-state index in [9.17, 15) is 10.1 Å². The van der Waals surface area contributed by atoms with Crippen molar-refractivity contribution in [2.24, 2.45) is 4.99 Å². The highest BCUT2D eigenvalue weighted by Gasteiger charge is 2.22. The van der Waals surface area contributed by atoms with Gasteiger partial charge in [-0.1, -0.05) is 72.8 Å². The third kappa shape index (κ3) is 4.14. The summed E-state index contributed by atoms with van der Waals surface area (Å²) in [5, 5.41) is 9.91. The fourth-order valence-corrected chi connectivity index (χ4v) is 3.24. The van der Waals surface area contributed by atoms with Crippen LogP contribution in [0.5, 0.6) is 0 Å². The van der Waals surface area contributed by atoms with Gasteiger partial charge in [-0.2, -0.15) is 5.26 Å². The first-order valence-corrected chi connectivity index (χ1v) is 9.61. The summed E-state index contributed by atoms with van der Waals surface area (Å²) in [6.07, 6.45) is 1.60. The van der Waals surface area contributed by atoms with E-state index in [4.69, 9.17) is 9.15 Å². The van der Waals surface area contributed by atoms with Gasteiger partial charge in [0.2, 0.25) is 5.88 Å². The lowest BCUT2D eigenvalue weighted by Gasteiger charge is -2.03. The van der Waals surface area contributed by atoms with E-state index < -0.39 is 5.97 Å². The first-order valence-electron chi connectivity index (χ1n) is 9.61. The lowest BCUT2D eigenvalue weighted by atomic mass is 9.98. The standard InChI is InChI=1S/C26H18N2O3/c1-30-26(29)21-14-12-18(13-15-21)17-28-25-22(16-27)23(19-8-4-2-5-9-19)24(31-25)20-10-6-3-7-11-20/h2-15,17H,1H3. The Bertz CT molecular complexity index is 1270. The number of furan rings is 1. The van der Waals surface area contributed by atoms with Crippen LogP contribution in [-0.2, 0) is 4.74 Å². The number of esters is 1. The first-order chi connectivity index (χ1) is 15.2. The zero-order chi connectivity index (χ0) is 21.6. The number of nitrogens with zero attached hydrogens (tertiary/aromatic N) is 2. The highest BCUT2D eigenvalue weighted by molar-refractivity contribution is 5.92. The van der Waals surface area contributed by atoms with Gasteiger partial charge in [0.1, 0.15) is 17.4 Å². The lowest BCUT2D eigenvalue weighted by molar-refractivity contribution is 0.0600. The number of aliphatic imine (C=N–C) groups is 1. The van der Waals surface area contributed by atoms with Crippen LogP contribution in [0, 0.1) is 11.3 Å². The smallest absolute Gasteiger partial charge is 0.337 e. The van der Waals surface area contributed by atoms with Crippen LogP contribution in [0.3, 0.4) is 0 Å². The minimum atomic E-state index is -0.402. The average molecular weight is 406 g/mol. The minimum absolute atomic E-state index is 0.234. The van der Waals surface area contributed by atoms with E-state index in [2.05, 4.69) is 11.1 Å². The van der Waals surface area contributed by atoms with Crippen molar-refractivity contribution >= 4 is 18.1 Å². The summed E-state index contributed by atoms with van der Waals surface area (Å²) in [5.41, 5.74) is 4.03. The molecule has 0 saturated heterocycles. The minimum Gasteiger partial charge on any atom is -0.465 e. The topological polar surface area (TPSA) is 75.6 Å². The molecule has 3 aromatic carbocycles. The molecule has 0 aliphatic heterocycles. The van der Waals surface area contributed by atoms with Crippen molar-refractivity contribution in [1.82, 2.24) is 0 Å². The first kappa shape index (κ1) is 19.9. The second-order valence-electron chi connectivity index (χ2n) is 6.70. The lowest BCUT2D eigenvalue weighted by Crippen LogP contribution is -2.00. The van der Waals surface area contributed by atoms with Gasteiger partial charge in [0.15, 0.2) is 0 Å². The largest absolute Gasteiger partial charge is 0.465 e. The molecule has 5 nitrogen and oxygen atoms in total. The Morgan fingerprint density at radius 2 is 1.55 bits per heavy atom. The molecule has 150 valence electrons. The molecular weight excluding hydrogens is 388 g/mol. The van der Waals surface area contributed by atoms with Crippen molar-refractivity contribution in [3.8, 4) is 28.5 Å². The SMILES string of the molecule is COC(=O)c1ccc(C=Nc2oc(-c3ccccc3)c(-c3ccccc3)c2C#N)cc1. The van der Waals surface area contributed by atoms with E-state index >= 15 is 0 Å².